The van der Waals surface area contributed by atoms with Gasteiger partial charge in [0.05, 0.1) is 23.6 Å². The molecule has 2 aromatic rings. The van der Waals surface area contributed by atoms with Gasteiger partial charge in [0.25, 0.3) is 5.91 Å². The van der Waals surface area contributed by atoms with E-state index < -0.39 is 18.4 Å². The van der Waals surface area contributed by atoms with E-state index in [1.807, 2.05) is 0 Å². The van der Waals surface area contributed by atoms with Crippen LogP contribution in [0.1, 0.15) is 11.3 Å². The number of rotatable bonds is 5. The number of amides is 3. The summed E-state index contributed by atoms with van der Waals surface area (Å²) >= 11 is 7.22. The molecule has 33 heavy (non-hydrogen) atoms. The third-order valence-electron chi connectivity index (χ3n) is 5.15. The van der Waals surface area contributed by atoms with E-state index in [-0.39, 0.29) is 31.4 Å². The number of nitrogens with zero attached hydrogens (tertiary/aromatic N) is 2. The number of aliphatic hydroxyl groups excluding tert-OH is 1. The Hall–Kier alpha value is -2.92. The minimum absolute atomic E-state index is 0.0467. The van der Waals surface area contributed by atoms with Crippen LogP contribution in [-0.2, 0) is 19.1 Å². The summed E-state index contributed by atoms with van der Waals surface area (Å²) in [5, 5.41) is 12.6. The number of anilines is 2. The van der Waals surface area contributed by atoms with E-state index in [1.54, 1.807) is 47.4 Å². The lowest BCUT2D eigenvalue weighted by Gasteiger charge is -2.27. The Balaban J connectivity index is 1.34. The molecular weight excluding hydrogens is 470 g/mol. The molecule has 2 aliphatic rings. The molecule has 0 bridgehead atoms. The molecule has 0 saturated carbocycles. The molecule has 3 heterocycles. The lowest BCUT2D eigenvalue weighted by atomic mass is 10.2. The van der Waals surface area contributed by atoms with Crippen LogP contribution >= 0.6 is 22.9 Å². The van der Waals surface area contributed by atoms with Gasteiger partial charge in [0, 0.05) is 35.3 Å². The van der Waals surface area contributed by atoms with Crippen LogP contribution < -0.4 is 10.2 Å². The second kappa shape index (κ2) is 10.3. The molecule has 2 saturated heterocycles. The maximum Gasteiger partial charge on any atom is 0.413 e. The molecule has 4 rings (SSSR count). The van der Waals surface area contributed by atoms with Crippen molar-refractivity contribution < 1.29 is 29.0 Å². The summed E-state index contributed by atoms with van der Waals surface area (Å²) in [4.78, 5) is 40.7. The average Bonchev–Trinajstić information content (AvgIpc) is 3.37. The fraction of sp³-hybridized carbons (Fsp3) is 0.318. The molecule has 0 unspecified atom stereocenters. The van der Waals surface area contributed by atoms with E-state index in [2.05, 4.69) is 5.32 Å². The van der Waals surface area contributed by atoms with E-state index in [4.69, 9.17) is 21.1 Å². The van der Waals surface area contributed by atoms with Gasteiger partial charge in [-0.05, 0) is 42.5 Å². The van der Waals surface area contributed by atoms with Crippen molar-refractivity contribution in [1.82, 2.24) is 4.90 Å². The van der Waals surface area contributed by atoms with Gasteiger partial charge < -0.3 is 24.4 Å². The van der Waals surface area contributed by atoms with Crippen LogP contribution in [0.4, 0.5) is 16.2 Å². The molecule has 0 spiro atoms. The molecule has 0 aliphatic carbocycles. The minimum atomic E-state index is -0.894. The zero-order valence-electron chi connectivity index (χ0n) is 17.5. The van der Waals surface area contributed by atoms with Crippen molar-refractivity contribution in [3.8, 4) is 0 Å². The fourth-order valence-corrected chi connectivity index (χ4v) is 4.54. The molecule has 11 heteroatoms. The summed E-state index contributed by atoms with van der Waals surface area (Å²) in [6.07, 6.45) is 0.671. The molecule has 1 aromatic carbocycles. The van der Waals surface area contributed by atoms with Crippen molar-refractivity contribution in [2.24, 2.45) is 0 Å². The minimum Gasteiger partial charge on any atom is -0.425 e. The number of β-amino-alcohol motifs (C(OH)–C–C–N with tert-alkyl or cyclic N) is 1. The van der Waals surface area contributed by atoms with Crippen LogP contribution in [0.25, 0.3) is 6.08 Å². The van der Waals surface area contributed by atoms with Crippen LogP contribution in [0.3, 0.4) is 0 Å². The lowest BCUT2D eigenvalue weighted by Crippen LogP contribution is -2.41. The van der Waals surface area contributed by atoms with Crippen molar-refractivity contribution in [1.29, 1.82) is 0 Å². The average molecular weight is 492 g/mol. The maximum atomic E-state index is 12.6. The number of carbonyl (C=O) groups excluding carboxylic acids is 3. The molecule has 2 atom stereocenters. The largest absolute Gasteiger partial charge is 0.425 e. The third kappa shape index (κ3) is 5.91. The van der Waals surface area contributed by atoms with Gasteiger partial charge >= 0.3 is 6.09 Å². The number of thiophene rings is 1. The predicted octanol–water partition coefficient (Wildman–Crippen LogP) is 2.95. The number of hydrogen-bond donors (Lipinski definition) is 2. The second-order valence-corrected chi connectivity index (χ2v) is 9.23. The molecule has 9 nitrogen and oxygen atoms in total. The molecule has 1 aromatic heterocycles. The third-order valence-corrected chi connectivity index (χ3v) is 6.35. The van der Waals surface area contributed by atoms with Crippen LogP contribution in [0.5, 0.6) is 0 Å². The topological polar surface area (TPSA) is 108 Å². The van der Waals surface area contributed by atoms with Crippen LogP contribution in [0.2, 0.25) is 4.34 Å². The summed E-state index contributed by atoms with van der Waals surface area (Å²) in [5.74, 6) is -0.504. The van der Waals surface area contributed by atoms with Gasteiger partial charge in [-0.15, -0.1) is 11.3 Å². The number of hydrogen-bond acceptors (Lipinski definition) is 7. The number of benzene rings is 1. The van der Waals surface area contributed by atoms with Crippen molar-refractivity contribution in [3.63, 3.8) is 0 Å². The molecule has 174 valence electrons. The molecule has 2 N–H and O–H groups in total. The molecule has 2 aliphatic heterocycles. The number of likely N-dealkylation sites (tertiary alicyclic amines) is 1. The molecule has 0 radical (unpaired) electrons. The second-order valence-electron chi connectivity index (χ2n) is 7.49. The predicted molar refractivity (Wildman–Crippen MR) is 124 cm³/mol. The van der Waals surface area contributed by atoms with E-state index in [0.717, 1.165) is 4.88 Å². The Morgan fingerprint density at radius 2 is 2.03 bits per heavy atom. The first-order valence-electron chi connectivity index (χ1n) is 10.3. The summed E-state index contributed by atoms with van der Waals surface area (Å²) < 4.78 is 11.1. The van der Waals surface area contributed by atoms with Crippen LogP contribution in [0.15, 0.2) is 42.5 Å². The number of aliphatic hydroxyl groups is 1. The Bertz CT molecular complexity index is 1060. The normalized spacial score (nSPS) is 21.0. The maximum absolute atomic E-state index is 12.6. The zero-order chi connectivity index (χ0) is 23.4. The van der Waals surface area contributed by atoms with Crippen molar-refractivity contribution in [2.75, 3.05) is 36.5 Å². The highest BCUT2D eigenvalue weighted by Gasteiger charge is 2.36. The quantitative estimate of drug-likeness (QED) is 0.622. The number of morpholine rings is 1. The van der Waals surface area contributed by atoms with Gasteiger partial charge in [0.15, 0.2) is 6.23 Å². The van der Waals surface area contributed by atoms with Gasteiger partial charge in [-0.1, -0.05) is 11.6 Å². The van der Waals surface area contributed by atoms with Gasteiger partial charge in [0.2, 0.25) is 5.91 Å². The van der Waals surface area contributed by atoms with Gasteiger partial charge in [-0.3, -0.25) is 14.9 Å². The van der Waals surface area contributed by atoms with Crippen molar-refractivity contribution in [3.05, 3.63) is 51.7 Å². The van der Waals surface area contributed by atoms with Crippen LogP contribution in [-0.4, -0.2) is 66.5 Å². The first kappa shape index (κ1) is 23.2. The fourth-order valence-electron chi connectivity index (χ4n) is 3.58. The SMILES string of the molecule is O=C(Nc1ccc(N2CCOCC2=O)cc1)O[C@@H]1C[C@@H](O)CN1C(=O)C=Cc1ccc(Cl)s1. The lowest BCUT2D eigenvalue weighted by molar-refractivity contribution is -0.132. The smallest absolute Gasteiger partial charge is 0.413 e. The highest BCUT2D eigenvalue weighted by atomic mass is 35.5. The number of ether oxygens (including phenoxy) is 2. The molecule has 2 fully saturated rings. The first-order chi connectivity index (χ1) is 15.9. The zero-order valence-corrected chi connectivity index (χ0v) is 19.1. The molecule has 3 amide bonds. The summed E-state index contributed by atoms with van der Waals surface area (Å²) in [6, 6.07) is 10.3. The van der Waals surface area contributed by atoms with Crippen LogP contribution in [0, 0.1) is 0 Å². The Labute approximate surface area is 199 Å². The molecular formula is C22H22ClN3O6S. The number of carbonyl (C=O) groups is 3. The van der Waals surface area contributed by atoms with E-state index in [0.29, 0.717) is 28.9 Å². The summed E-state index contributed by atoms with van der Waals surface area (Å²) in [5.41, 5.74) is 1.17. The van der Waals surface area contributed by atoms with Crippen molar-refractivity contribution in [2.45, 2.75) is 18.8 Å². The van der Waals surface area contributed by atoms with Crippen molar-refractivity contribution >= 4 is 58.3 Å². The van der Waals surface area contributed by atoms with E-state index in [9.17, 15) is 19.5 Å². The standard InChI is InChI=1S/C22H22ClN3O6S/c23-18-7-5-17(33-18)6-8-19(28)26-12-16(27)11-21(26)32-22(30)24-14-1-3-15(4-2-14)25-9-10-31-13-20(25)29/h1-8,16,21,27H,9-13H2,(H,24,30)/t16-,21-/m1/s1. The number of halogens is 1. The van der Waals surface area contributed by atoms with Gasteiger partial charge in [0.1, 0.15) is 6.61 Å². The highest BCUT2D eigenvalue weighted by Crippen LogP contribution is 2.24. The van der Waals surface area contributed by atoms with E-state index in [1.165, 1.54) is 22.3 Å². The highest BCUT2D eigenvalue weighted by molar-refractivity contribution is 7.17. The monoisotopic (exact) mass is 491 g/mol. The Morgan fingerprint density at radius 1 is 1.24 bits per heavy atom. The Morgan fingerprint density at radius 3 is 2.73 bits per heavy atom. The summed E-state index contributed by atoms with van der Waals surface area (Å²) in [7, 11) is 0. The van der Waals surface area contributed by atoms with Gasteiger partial charge in [-0.25, -0.2) is 4.79 Å². The number of nitrogens with one attached hydrogen (secondary N) is 1. The first-order valence-corrected chi connectivity index (χ1v) is 11.5. The Kier molecular flexibility index (Phi) is 7.29. The van der Waals surface area contributed by atoms with E-state index >= 15 is 0 Å². The van der Waals surface area contributed by atoms with Gasteiger partial charge in [-0.2, -0.15) is 0 Å². The summed E-state index contributed by atoms with van der Waals surface area (Å²) in [6.45, 7) is 1.05.